The number of piperazine rings is 1. The number of primary amides is 1. The van der Waals surface area contributed by atoms with Crippen molar-refractivity contribution in [3.63, 3.8) is 0 Å². The van der Waals surface area contributed by atoms with E-state index >= 15 is 0 Å². The van der Waals surface area contributed by atoms with Crippen LogP contribution in [0.25, 0.3) is 0 Å². The van der Waals surface area contributed by atoms with Crippen molar-refractivity contribution in [2.75, 3.05) is 31.1 Å². The number of fused-ring (bicyclic) bond motifs is 1. The zero-order valence-corrected chi connectivity index (χ0v) is 18.8. The van der Waals surface area contributed by atoms with E-state index in [9.17, 15) is 24.4 Å². The molecule has 2 aromatic rings. The van der Waals surface area contributed by atoms with Gasteiger partial charge in [0, 0.05) is 44.0 Å². The van der Waals surface area contributed by atoms with Crippen LogP contribution in [-0.4, -0.2) is 68.0 Å². The van der Waals surface area contributed by atoms with Gasteiger partial charge >= 0.3 is 0 Å². The van der Waals surface area contributed by atoms with E-state index in [1.807, 2.05) is 12.1 Å². The minimum Gasteiger partial charge on any atom is -0.593 e. The fourth-order valence-corrected chi connectivity index (χ4v) is 5.39. The third kappa shape index (κ3) is 5.01. The number of hydrogen-bond acceptors (Lipinski definition) is 8. The molecule has 4 rings (SSSR count). The van der Waals surface area contributed by atoms with Crippen LogP contribution in [0.15, 0.2) is 41.3 Å². The Morgan fingerprint density at radius 3 is 2.39 bits per heavy atom. The summed E-state index contributed by atoms with van der Waals surface area (Å²) in [4.78, 5) is 27.5. The Kier molecular flexibility index (Phi) is 6.66. The van der Waals surface area contributed by atoms with Gasteiger partial charge in [0.25, 0.3) is 0 Å². The van der Waals surface area contributed by atoms with Crippen molar-refractivity contribution in [1.82, 2.24) is 9.21 Å². The first-order valence-electron chi connectivity index (χ1n) is 10.6. The molecule has 176 valence electrons. The average molecular weight is 474 g/mol. The van der Waals surface area contributed by atoms with Crippen molar-refractivity contribution in [1.29, 1.82) is 0 Å². The van der Waals surface area contributed by atoms with Gasteiger partial charge in [0.2, 0.25) is 16.7 Å². The van der Waals surface area contributed by atoms with Gasteiger partial charge in [-0.3, -0.25) is 9.59 Å². The van der Waals surface area contributed by atoms with Crippen LogP contribution in [-0.2, 0) is 34.0 Å². The van der Waals surface area contributed by atoms with Gasteiger partial charge in [-0.25, -0.2) is 0 Å². The molecule has 1 fully saturated rings. The van der Waals surface area contributed by atoms with Crippen molar-refractivity contribution in [3.8, 4) is 11.5 Å². The second-order valence-electron chi connectivity index (χ2n) is 8.24. The van der Waals surface area contributed by atoms with E-state index in [4.69, 9.17) is 11.5 Å². The van der Waals surface area contributed by atoms with E-state index < -0.39 is 23.3 Å². The van der Waals surface area contributed by atoms with Crippen LogP contribution >= 0.6 is 0 Å². The summed E-state index contributed by atoms with van der Waals surface area (Å²) in [6.45, 7) is 3.21. The highest BCUT2D eigenvalue weighted by Gasteiger charge is 2.33. The summed E-state index contributed by atoms with van der Waals surface area (Å²) in [7, 11) is 0. The number of phenolic OH excluding ortho intramolecular Hbond substituents is 2. The lowest BCUT2D eigenvalue weighted by molar-refractivity contribution is -0.134. The molecule has 2 atom stereocenters. The van der Waals surface area contributed by atoms with Gasteiger partial charge in [0.05, 0.1) is 36.9 Å². The molecule has 1 saturated heterocycles. The monoisotopic (exact) mass is 473 g/mol. The molecule has 0 radical (unpaired) electrons. The van der Waals surface area contributed by atoms with Crippen LogP contribution in [0.2, 0.25) is 0 Å². The van der Waals surface area contributed by atoms with Crippen molar-refractivity contribution in [2.45, 2.75) is 30.4 Å². The molecule has 0 spiro atoms. The lowest BCUT2D eigenvalue weighted by Crippen LogP contribution is -2.53. The van der Waals surface area contributed by atoms with Gasteiger partial charge < -0.3 is 36.0 Å². The standard InChI is InChI=1S/C22H27N5O5S/c23-18(11-21(24)30)22(31)26-7-5-25(6-8-26)16-2-1-14-12-27(13-15(14)9-16)33(32)20-4-3-17(28)10-19(20)29/h1-4,9-10,18,28-29H,5-8,11-13,23H2,(H2,24,30)/t18-,33?/m0/s1. The smallest absolute Gasteiger partial charge is 0.240 e. The van der Waals surface area contributed by atoms with Crippen molar-refractivity contribution in [2.24, 2.45) is 11.5 Å². The highest BCUT2D eigenvalue weighted by molar-refractivity contribution is 7.89. The molecule has 0 aliphatic carbocycles. The first kappa shape index (κ1) is 23.2. The summed E-state index contributed by atoms with van der Waals surface area (Å²) in [5, 5.41) is 19.5. The van der Waals surface area contributed by atoms with Crippen LogP contribution in [0.1, 0.15) is 17.5 Å². The third-order valence-corrected chi connectivity index (χ3v) is 7.39. The van der Waals surface area contributed by atoms with Crippen molar-refractivity contribution < 1.29 is 24.4 Å². The topological polar surface area (TPSA) is 159 Å². The van der Waals surface area contributed by atoms with Gasteiger partial charge in [-0.05, 0) is 29.3 Å². The van der Waals surface area contributed by atoms with E-state index in [0.717, 1.165) is 16.8 Å². The number of aromatic hydroxyl groups is 2. The third-order valence-electron chi connectivity index (χ3n) is 5.94. The number of phenols is 2. The molecule has 2 amide bonds. The second-order valence-corrected chi connectivity index (χ2v) is 9.70. The number of rotatable bonds is 6. The number of hydrogen-bond donors (Lipinski definition) is 4. The molecular weight excluding hydrogens is 446 g/mol. The van der Waals surface area contributed by atoms with Gasteiger partial charge in [-0.1, -0.05) is 6.07 Å². The van der Waals surface area contributed by atoms with Crippen LogP contribution in [0.3, 0.4) is 0 Å². The van der Waals surface area contributed by atoms with Crippen LogP contribution in [0.5, 0.6) is 11.5 Å². The number of amides is 2. The SMILES string of the molecule is NC(=O)C[C@H](N)C(=O)N1CCN(c2ccc3c(c2)CN([S+]([O-])c2ccc(O)cc2O)C3)CC1. The summed E-state index contributed by atoms with van der Waals surface area (Å²) in [6.07, 6.45) is -0.163. The minimum absolute atomic E-state index is 0.0840. The second kappa shape index (κ2) is 9.48. The van der Waals surface area contributed by atoms with Crippen molar-refractivity contribution in [3.05, 3.63) is 47.5 Å². The average Bonchev–Trinajstić information content (AvgIpc) is 3.21. The Morgan fingerprint density at radius 2 is 1.73 bits per heavy atom. The molecule has 2 aliphatic heterocycles. The number of nitrogens with two attached hydrogens (primary N) is 2. The molecule has 2 aromatic carbocycles. The van der Waals surface area contributed by atoms with E-state index in [2.05, 4.69) is 11.0 Å². The number of carbonyl (C=O) groups excluding carboxylic acids is 2. The fourth-order valence-electron chi connectivity index (χ4n) is 4.18. The molecule has 0 aromatic heterocycles. The van der Waals surface area contributed by atoms with Gasteiger partial charge in [-0.2, -0.15) is 0 Å². The van der Waals surface area contributed by atoms with Gasteiger partial charge in [0.1, 0.15) is 5.75 Å². The molecule has 10 nitrogen and oxygen atoms in total. The molecule has 0 saturated carbocycles. The molecule has 33 heavy (non-hydrogen) atoms. The maximum atomic E-state index is 13.0. The van der Waals surface area contributed by atoms with E-state index in [1.165, 1.54) is 18.2 Å². The van der Waals surface area contributed by atoms with Crippen LogP contribution in [0, 0.1) is 0 Å². The predicted molar refractivity (Wildman–Crippen MR) is 122 cm³/mol. The number of anilines is 1. The highest BCUT2D eigenvalue weighted by Crippen LogP contribution is 2.35. The number of nitrogens with zero attached hydrogens (tertiary/aromatic N) is 3. The van der Waals surface area contributed by atoms with Crippen LogP contribution < -0.4 is 16.4 Å². The molecule has 2 aliphatic rings. The normalized spacial score (nSPS) is 18.1. The van der Waals surface area contributed by atoms with E-state index in [0.29, 0.717) is 39.3 Å². The van der Waals surface area contributed by atoms with Crippen LogP contribution in [0.4, 0.5) is 5.69 Å². The quantitative estimate of drug-likeness (QED) is 0.426. The Balaban J connectivity index is 1.38. The summed E-state index contributed by atoms with van der Waals surface area (Å²) in [6, 6.07) is 9.23. The summed E-state index contributed by atoms with van der Waals surface area (Å²) >= 11 is -1.57. The predicted octanol–water partition coefficient (Wildman–Crippen LogP) is -0.0125. The Hall–Kier alpha value is -2.99. The lowest BCUT2D eigenvalue weighted by Gasteiger charge is -2.37. The maximum absolute atomic E-state index is 13.0. The number of carbonyl (C=O) groups is 2. The molecule has 2 heterocycles. The minimum atomic E-state index is -1.57. The Morgan fingerprint density at radius 1 is 1.03 bits per heavy atom. The van der Waals surface area contributed by atoms with Gasteiger partial charge in [-0.15, -0.1) is 4.31 Å². The summed E-state index contributed by atoms with van der Waals surface area (Å²) in [5.41, 5.74) is 14.1. The highest BCUT2D eigenvalue weighted by atomic mass is 32.2. The summed E-state index contributed by atoms with van der Waals surface area (Å²) < 4.78 is 14.7. The molecule has 6 N–H and O–H groups in total. The Labute approximate surface area is 194 Å². The number of benzene rings is 2. The molecule has 1 unspecified atom stereocenters. The molecule has 0 bridgehead atoms. The van der Waals surface area contributed by atoms with E-state index in [-0.39, 0.29) is 28.7 Å². The first-order chi connectivity index (χ1) is 15.7. The zero-order valence-electron chi connectivity index (χ0n) is 18.0. The summed E-state index contributed by atoms with van der Waals surface area (Å²) in [5.74, 6) is -1.14. The molecular formula is C22H27N5O5S. The lowest BCUT2D eigenvalue weighted by atomic mass is 10.1. The largest absolute Gasteiger partial charge is 0.593 e. The zero-order chi connectivity index (χ0) is 23.7. The van der Waals surface area contributed by atoms with E-state index in [1.54, 1.807) is 9.21 Å². The first-order valence-corrected chi connectivity index (χ1v) is 11.7. The molecule has 11 heteroatoms. The fraction of sp³-hybridized carbons (Fsp3) is 0.364. The van der Waals surface area contributed by atoms with Crippen molar-refractivity contribution >= 4 is 28.9 Å². The maximum Gasteiger partial charge on any atom is 0.240 e. The Bertz CT molecular complexity index is 1060. The van der Waals surface area contributed by atoms with Gasteiger partial charge in [0.15, 0.2) is 5.75 Å².